The lowest BCUT2D eigenvalue weighted by Gasteiger charge is -2.28. The highest BCUT2D eigenvalue weighted by Gasteiger charge is 2.51. The average Bonchev–Trinajstić information content (AvgIpc) is 3.22. The Morgan fingerprint density at radius 3 is 2.31 bits per heavy atom. The molecule has 0 radical (unpaired) electrons. The van der Waals surface area contributed by atoms with E-state index >= 15 is 0 Å². The van der Waals surface area contributed by atoms with Crippen LogP contribution < -0.4 is 5.32 Å². The van der Waals surface area contributed by atoms with Crippen LogP contribution in [0.4, 0.5) is 0 Å². The van der Waals surface area contributed by atoms with Crippen LogP contribution in [0.2, 0.25) is 0 Å². The lowest BCUT2D eigenvalue weighted by Crippen LogP contribution is -2.51. The summed E-state index contributed by atoms with van der Waals surface area (Å²) in [6.07, 6.45) is 5.59. The molecule has 0 saturated carbocycles. The Hall–Kier alpha value is -1.95. The Balaban J connectivity index is 1.80. The molecule has 26 heavy (non-hydrogen) atoms. The minimum Gasteiger partial charge on any atom is -0.347 e. The van der Waals surface area contributed by atoms with E-state index in [1.165, 1.54) is 4.90 Å². The number of hydrogen-bond acceptors (Lipinski definition) is 4. The van der Waals surface area contributed by atoms with Gasteiger partial charge in [-0.05, 0) is 43.6 Å². The molecule has 6 heteroatoms. The SMILES string of the molecule is CC(C)CC(C(=O)NC(C)c1cccs1)N1C(=O)C2CC=CCC2C1=O. The summed E-state index contributed by atoms with van der Waals surface area (Å²) < 4.78 is 0. The highest BCUT2D eigenvalue weighted by Crippen LogP contribution is 2.37. The number of likely N-dealkylation sites (tertiary alicyclic amines) is 1. The van der Waals surface area contributed by atoms with Crippen molar-refractivity contribution < 1.29 is 14.4 Å². The topological polar surface area (TPSA) is 66.5 Å². The van der Waals surface area contributed by atoms with Crippen molar-refractivity contribution in [2.45, 2.75) is 52.1 Å². The number of thiophene rings is 1. The summed E-state index contributed by atoms with van der Waals surface area (Å²) in [7, 11) is 0. The first-order valence-corrected chi connectivity index (χ1v) is 10.1. The maximum absolute atomic E-state index is 13.0. The molecule has 1 aliphatic carbocycles. The van der Waals surface area contributed by atoms with Gasteiger partial charge < -0.3 is 5.32 Å². The second-order valence-corrected chi connectivity index (χ2v) is 8.57. The number of nitrogens with zero attached hydrogens (tertiary/aromatic N) is 1. The third-order valence-electron chi connectivity index (χ3n) is 5.18. The molecule has 1 aromatic heterocycles. The summed E-state index contributed by atoms with van der Waals surface area (Å²) in [5.74, 6) is -1.02. The van der Waals surface area contributed by atoms with E-state index in [-0.39, 0.29) is 41.5 Å². The molecule has 5 nitrogen and oxygen atoms in total. The smallest absolute Gasteiger partial charge is 0.243 e. The molecule has 140 valence electrons. The lowest BCUT2D eigenvalue weighted by molar-refractivity contribution is -0.148. The number of imide groups is 1. The molecule has 2 aliphatic rings. The first-order valence-electron chi connectivity index (χ1n) is 9.25. The first kappa shape index (κ1) is 18.8. The van der Waals surface area contributed by atoms with E-state index in [2.05, 4.69) is 5.32 Å². The summed E-state index contributed by atoms with van der Waals surface area (Å²) in [4.78, 5) is 41.1. The van der Waals surface area contributed by atoms with Crippen molar-refractivity contribution >= 4 is 29.1 Å². The fourth-order valence-corrected chi connectivity index (χ4v) is 4.56. The fraction of sp³-hybridized carbons (Fsp3) is 0.550. The van der Waals surface area contributed by atoms with Gasteiger partial charge in [0.05, 0.1) is 17.9 Å². The highest BCUT2D eigenvalue weighted by molar-refractivity contribution is 7.10. The Bertz CT molecular complexity index is 685. The Morgan fingerprint density at radius 1 is 1.19 bits per heavy atom. The predicted octanol–water partition coefficient (Wildman–Crippen LogP) is 3.29. The fourth-order valence-electron chi connectivity index (χ4n) is 3.83. The zero-order chi connectivity index (χ0) is 18.8. The third-order valence-corrected chi connectivity index (χ3v) is 6.23. The maximum Gasteiger partial charge on any atom is 0.243 e. The number of hydrogen-bond donors (Lipinski definition) is 1. The lowest BCUT2D eigenvalue weighted by atomic mass is 9.85. The van der Waals surface area contributed by atoms with E-state index in [4.69, 9.17) is 0 Å². The summed E-state index contributed by atoms with van der Waals surface area (Å²) >= 11 is 1.58. The van der Waals surface area contributed by atoms with Crippen molar-refractivity contribution in [2.75, 3.05) is 0 Å². The van der Waals surface area contributed by atoms with Crippen LogP contribution in [0.3, 0.4) is 0 Å². The molecule has 4 atom stereocenters. The van der Waals surface area contributed by atoms with Crippen LogP contribution in [-0.4, -0.2) is 28.7 Å². The molecular weight excluding hydrogens is 348 g/mol. The zero-order valence-electron chi connectivity index (χ0n) is 15.5. The molecule has 0 bridgehead atoms. The van der Waals surface area contributed by atoms with Gasteiger partial charge in [-0.3, -0.25) is 19.3 Å². The third kappa shape index (κ3) is 3.61. The molecule has 3 amide bonds. The van der Waals surface area contributed by atoms with Crippen molar-refractivity contribution in [3.8, 4) is 0 Å². The number of carbonyl (C=O) groups is 3. The van der Waals surface area contributed by atoms with Gasteiger partial charge >= 0.3 is 0 Å². The van der Waals surface area contributed by atoms with Crippen molar-refractivity contribution in [1.82, 2.24) is 10.2 Å². The van der Waals surface area contributed by atoms with Gasteiger partial charge in [-0.15, -0.1) is 11.3 Å². The van der Waals surface area contributed by atoms with Gasteiger partial charge in [-0.25, -0.2) is 0 Å². The summed E-state index contributed by atoms with van der Waals surface area (Å²) in [6, 6.07) is 3.04. The molecule has 1 fully saturated rings. The highest BCUT2D eigenvalue weighted by atomic mass is 32.1. The second-order valence-electron chi connectivity index (χ2n) is 7.59. The first-order chi connectivity index (χ1) is 12.4. The van der Waals surface area contributed by atoms with Gasteiger partial charge in [-0.2, -0.15) is 0 Å². The van der Waals surface area contributed by atoms with Crippen molar-refractivity contribution in [3.05, 3.63) is 34.5 Å². The number of rotatable bonds is 6. The monoisotopic (exact) mass is 374 g/mol. The predicted molar refractivity (Wildman–Crippen MR) is 101 cm³/mol. The van der Waals surface area contributed by atoms with Gasteiger partial charge in [0.15, 0.2) is 0 Å². The van der Waals surface area contributed by atoms with Gasteiger partial charge in [0.25, 0.3) is 0 Å². The largest absolute Gasteiger partial charge is 0.347 e. The van der Waals surface area contributed by atoms with E-state index < -0.39 is 6.04 Å². The zero-order valence-corrected chi connectivity index (χ0v) is 16.3. The van der Waals surface area contributed by atoms with Crippen LogP contribution in [0.25, 0.3) is 0 Å². The quantitative estimate of drug-likeness (QED) is 0.614. The molecule has 1 aliphatic heterocycles. The summed E-state index contributed by atoms with van der Waals surface area (Å²) in [6.45, 7) is 5.93. The van der Waals surface area contributed by atoms with Crippen molar-refractivity contribution in [2.24, 2.45) is 17.8 Å². The number of allylic oxidation sites excluding steroid dienone is 2. The molecule has 4 unspecified atom stereocenters. The molecule has 1 aromatic rings. The molecule has 1 N–H and O–H groups in total. The number of amides is 3. The maximum atomic E-state index is 13.0. The van der Waals surface area contributed by atoms with Gasteiger partial charge in [0, 0.05) is 4.88 Å². The normalized spacial score (nSPS) is 24.7. The van der Waals surface area contributed by atoms with Crippen LogP contribution in [0.15, 0.2) is 29.7 Å². The molecule has 1 saturated heterocycles. The second kappa shape index (κ2) is 7.74. The van der Waals surface area contributed by atoms with E-state index in [1.54, 1.807) is 11.3 Å². The summed E-state index contributed by atoms with van der Waals surface area (Å²) in [5, 5.41) is 4.96. The van der Waals surface area contributed by atoms with Crippen LogP contribution >= 0.6 is 11.3 Å². The molecule has 3 rings (SSSR count). The van der Waals surface area contributed by atoms with Gasteiger partial charge in [-0.1, -0.05) is 32.1 Å². The number of nitrogens with one attached hydrogen (secondary N) is 1. The van der Waals surface area contributed by atoms with Crippen LogP contribution in [0, 0.1) is 17.8 Å². The van der Waals surface area contributed by atoms with E-state index in [1.807, 2.05) is 50.4 Å². The number of fused-ring (bicyclic) bond motifs is 1. The number of carbonyl (C=O) groups excluding carboxylic acids is 3. The minimum atomic E-state index is -0.733. The van der Waals surface area contributed by atoms with Crippen LogP contribution in [-0.2, 0) is 14.4 Å². The molecular formula is C20H26N2O3S. The summed E-state index contributed by atoms with van der Waals surface area (Å²) in [5.41, 5.74) is 0. The minimum absolute atomic E-state index is 0.145. The van der Waals surface area contributed by atoms with Crippen molar-refractivity contribution in [1.29, 1.82) is 0 Å². The molecule has 2 heterocycles. The van der Waals surface area contributed by atoms with Crippen LogP contribution in [0.5, 0.6) is 0 Å². The van der Waals surface area contributed by atoms with Gasteiger partial charge in [0.1, 0.15) is 6.04 Å². The van der Waals surface area contributed by atoms with Crippen LogP contribution in [0.1, 0.15) is 51.0 Å². The van der Waals surface area contributed by atoms with E-state index in [0.717, 1.165) is 4.88 Å². The standard InChI is InChI=1S/C20H26N2O3S/c1-12(2)11-16(18(23)21-13(3)17-9-6-10-26-17)22-19(24)14-7-4-5-8-15(14)20(22)25/h4-6,9-10,12-16H,7-8,11H2,1-3H3,(H,21,23). The van der Waals surface area contributed by atoms with E-state index in [0.29, 0.717) is 19.3 Å². The Kier molecular flexibility index (Phi) is 5.61. The molecule has 0 spiro atoms. The van der Waals surface area contributed by atoms with E-state index in [9.17, 15) is 14.4 Å². The Morgan fingerprint density at radius 2 is 1.81 bits per heavy atom. The van der Waals surface area contributed by atoms with Crippen molar-refractivity contribution in [3.63, 3.8) is 0 Å². The Labute approximate surface area is 158 Å². The average molecular weight is 375 g/mol. The van der Waals surface area contributed by atoms with Gasteiger partial charge in [0.2, 0.25) is 17.7 Å². The molecule has 0 aromatic carbocycles.